The van der Waals surface area contributed by atoms with Gasteiger partial charge in [-0.15, -0.1) is 10.2 Å². The molecule has 8 nitrogen and oxygen atoms in total. The van der Waals surface area contributed by atoms with E-state index < -0.39 is 0 Å². The van der Waals surface area contributed by atoms with Crippen LogP contribution >= 0.6 is 11.8 Å². The molecule has 0 aliphatic rings. The molecule has 158 valence electrons. The van der Waals surface area contributed by atoms with Gasteiger partial charge in [-0.2, -0.15) is 15.0 Å². The van der Waals surface area contributed by atoms with E-state index in [1.165, 1.54) is 22.9 Å². The summed E-state index contributed by atoms with van der Waals surface area (Å²) < 4.78 is 1.82. The largest absolute Gasteiger partial charge is 0.324 e. The first-order valence-electron chi connectivity index (χ1n) is 9.84. The van der Waals surface area contributed by atoms with Gasteiger partial charge in [0, 0.05) is 18.4 Å². The van der Waals surface area contributed by atoms with E-state index in [2.05, 4.69) is 87.7 Å². The summed E-state index contributed by atoms with van der Waals surface area (Å²) in [5.74, 6) is 0.915. The number of hydrogen-bond donors (Lipinski definition) is 2. The van der Waals surface area contributed by atoms with Crippen LogP contribution in [0.2, 0.25) is 0 Å². The molecule has 0 aliphatic heterocycles. The summed E-state index contributed by atoms with van der Waals surface area (Å²) in [6.07, 6.45) is 1.65. The number of rotatable bonds is 6. The summed E-state index contributed by atoms with van der Waals surface area (Å²) in [6, 6.07) is 12.4. The fourth-order valence-corrected chi connectivity index (χ4v) is 3.82. The second-order valence-corrected chi connectivity index (χ2v) is 8.41. The Labute approximate surface area is 185 Å². The topological polar surface area (TPSA) is 93.4 Å². The number of nitrogens with one attached hydrogen (secondary N) is 2. The highest BCUT2D eigenvalue weighted by atomic mass is 32.2. The first-order chi connectivity index (χ1) is 14.9. The number of benzene rings is 2. The van der Waals surface area contributed by atoms with E-state index in [0.29, 0.717) is 22.2 Å². The molecule has 31 heavy (non-hydrogen) atoms. The van der Waals surface area contributed by atoms with Crippen molar-refractivity contribution in [2.24, 2.45) is 7.05 Å². The number of nitrogens with zero attached hydrogens (tertiary/aromatic N) is 6. The van der Waals surface area contributed by atoms with Crippen molar-refractivity contribution in [1.29, 1.82) is 0 Å². The maximum Gasteiger partial charge on any atom is 0.233 e. The van der Waals surface area contributed by atoms with Crippen LogP contribution in [0.3, 0.4) is 0 Å². The van der Waals surface area contributed by atoms with Crippen LogP contribution < -0.4 is 10.6 Å². The summed E-state index contributed by atoms with van der Waals surface area (Å²) in [6.45, 7) is 8.25. The zero-order valence-corrected chi connectivity index (χ0v) is 18.9. The molecule has 0 fully saturated rings. The predicted octanol–water partition coefficient (Wildman–Crippen LogP) is 4.87. The third-order valence-electron chi connectivity index (χ3n) is 4.72. The van der Waals surface area contributed by atoms with Gasteiger partial charge in [-0.25, -0.2) is 0 Å². The van der Waals surface area contributed by atoms with Gasteiger partial charge in [-0.05, 0) is 62.7 Å². The van der Waals surface area contributed by atoms with Crippen molar-refractivity contribution in [3.8, 4) is 0 Å². The van der Waals surface area contributed by atoms with Crippen LogP contribution in [0, 0.1) is 27.7 Å². The van der Waals surface area contributed by atoms with Crippen molar-refractivity contribution < 1.29 is 0 Å². The quantitative estimate of drug-likeness (QED) is 0.446. The van der Waals surface area contributed by atoms with Gasteiger partial charge in [-0.3, -0.25) is 0 Å². The summed E-state index contributed by atoms with van der Waals surface area (Å²) in [4.78, 5) is 13.8. The fourth-order valence-electron chi connectivity index (χ4n) is 3.11. The fraction of sp³-hybridized carbons (Fsp3) is 0.227. The van der Waals surface area contributed by atoms with Crippen molar-refractivity contribution in [2.45, 2.75) is 38.0 Å². The van der Waals surface area contributed by atoms with Crippen molar-refractivity contribution in [1.82, 2.24) is 29.7 Å². The third-order valence-corrected chi connectivity index (χ3v) is 5.64. The standard InChI is InChI=1S/C22H24N8S/c1-13-6-8-17(15(3)10-13)24-19-26-20(25-18-9-7-14(2)11-16(18)4)28-21(27-19)31-22-29-23-12-30(22)5/h6-12H,1-5H3,(H2,24,25,26,27,28). The van der Waals surface area contributed by atoms with Gasteiger partial charge in [-0.1, -0.05) is 35.4 Å². The molecule has 0 saturated heterocycles. The van der Waals surface area contributed by atoms with Crippen LogP contribution in [-0.4, -0.2) is 29.7 Å². The molecular formula is C22H24N8S. The molecule has 0 aliphatic carbocycles. The highest BCUT2D eigenvalue weighted by Crippen LogP contribution is 2.27. The van der Waals surface area contributed by atoms with E-state index in [0.717, 1.165) is 22.5 Å². The molecule has 4 aromatic rings. The first kappa shape index (κ1) is 20.8. The molecule has 0 unspecified atom stereocenters. The molecule has 4 rings (SSSR count). The molecule has 0 saturated carbocycles. The van der Waals surface area contributed by atoms with Crippen LogP contribution in [0.15, 0.2) is 53.0 Å². The highest BCUT2D eigenvalue weighted by molar-refractivity contribution is 7.99. The maximum absolute atomic E-state index is 4.60. The molecule has 9 heteroatoms. The summed E-state index contributed by atoms with van der Waals surface area (Å²) in [5.41, 5.74) is 6.54. The van der Waals surface area contributed by atoms with Crippen molar-refractivity contribution in [2.75, 3.05) is 10.6 Å². The number of aryl methyl sites for hydroxylation is 5. The van der Waals surface area contributed by atoms with Crippen molar-refractivity contribution in [3.05, 3.63) is 65.0 Å². The smallest absolute Gasteiger partial charge is 0.233 e. The third kappa shape index (κ3) is 5.00. The van der Waals surface area contributed by atoms with Gasteiger partial charge in [0.1, 0.15) is 6.33 Å². The van der Waals surface area contributed by atoms with Gasteiger partial charge in [0.2, 0.25) is 17.1 Å². The van der Waals surface area contributed by atoms with E-state index in [4.69, 9.17) is 0 Å². The minimum atomic E-state index is 0.457. The zero-order chi connectivity index (χ0) is 22.0. The van der Waals surface area contributed by atoms with Crippen molar-refractivity contribution in [3.63, 3.8) is 0 Å². The minimum absolute atomic E-state index is 0.457. The van der Waals surface area contributed by atoms with Gasteiger partial charge >= 0.3 is 0 Å². The number of aromatic nitrogens is 6. The Kier molecular flexibility index (Phi) is 5.85. The number of hydrogen-bond acceptors (Lipinski definition) is 8. The van der Waals surface area contributed by atoms with E-state index in [1.54, 1.807) is 6.33 Å². The number of anilines is 4. The SMILES string of the molecule is Cc1ccc(Nc2nc(Nc3ccc(C)cc3C)nc(Sc3nncn3C)n2)c(C)c1. The lowest BCUT2D eigenvalue weighted by molar-refractivity contribution is 0.783. The van der Waals surface area contributed by atoms with E-state index >= 15 is 0 Å². The van der Waals surface area contributed by atoms with Gasteiger partial charge in [0.25, 0.3) is 0 Å². The lowest BCUT2D eigenvalue weighted by Gasteiger charge is -2.13. The molecule has 2 aromatic carbocycles. The molecule has 2 aromatic heterocycles. The summed E-state index contributed by atoms with van der Waals surface area (Å²) in [5, 5.41) is 15.9. The van der Waals surface area contributed by atoms with Crippen LogP contribution in [-0.2, 0) is 7.05 Å². The minimum Gasteiger partial charge on any atom is -0.324 e. The van der Waals surface area contributed by atoms with E-state index in [-0.39, 0.29) is 0 Å². The lowest BCUT2D eigenvalue weighted by atomic mass is 10.1. The Morgan fingerprint density at radius 2 is 1.32 bits per heavy atom. The molecule has 0 radical (unpaired) electrons. The Balaban J connectivity index is 1.69. The van der Waals surface area contributed by atoms with E-state index in [1.807, 2.05) is 23.7 Å². The predicted molar refractivity (Wildman–Crippen MR) is 123 cm³/mol. The Hall–Kier alpha value is -3.46. The van der Waals surface area contributed by atoms with Crippen LogP contribution in [0.1, 0.15) is 22.3 Å². The second kappa shape index (κ2) is 8.73. The molecule has 0 atom stereocenters. The van der Waals surface area contributed by atoms with Gasteiger partial charge < -0.3 is 15.2 Å². The van der Waals surface area contributed by atoms with Crippen LogP contribution in [0.25, 0.3) is 0 Å². The first-order valence-corrected chi connectivity index (χ1v) is 10.7. The molecule has 2 heterocycles. The maximum atomic E-state index is 4.60. The van der Waals surface area contributed by atoms with E-state index in [9.17, 15) is 0 Å². The summed E-state index contributed by atoms with van der Waals surface area (Å²) in [7, 11) is 1.88. The molecule has 0 bridgehead atoms. The van der Waals surface area contributed by atoms with Crippen LogP contribution in [0.5, 0.6) is 0 Å². The molecule has 2 N–H and O–H groups in total. The normalized spacial score (nSPS) is 10.9. The summed E-state index contributed by atoms with van der Waals surface area (Å²) >= 11 is 1.33. The molecular weight excluding hydrogens is 408 g/mol. The average Bonchev–Trinajstić information content (AvgIpc) is 3.11. The lowest BCUT2D eigenvalue weighted by Crippen LogP contribution is -2.06. The monoisotopic (exact) mass is 432 g/mol. The molecule has 0 spiro atoms. The second-order valence-electron chi connectivity index (χ2n) is 7.48. The molecule has 0 amide bonds. The zero-order valence-electron chi connectivity index (χ0n) is 18.1. The highest BCUT2D eigenvalue weighted by Gasteiger charge is 2.13. The van der Waals surface area contributed by atoms with Crippen LogP contribution in [0.4, 0.5) is 23.3 Å². The van der Waals surface area contributed by atoms with Gasteiger partial charge in [0.05, 0.1) is 0 Å². The van der Waals surface area contributed by atoms with Gasteiger partial charge in [0.15, 0.2) is 5.16 Å². The Morgan fingerprint density at radius 3 is 1.77 bits per heavy atom. The van der Waals surface area contributed by atoms with Crippen molar-refractivity contribution >= 4 is 35.0 Å². The Bertz CT molecular complexity index is 1160. The Morgan fingerprint density at radius 1 is 0.774 bits per heavy atom. The average molecular weight is 433 g/mol.